The highest BCUT2D eigenvalue weighted by Gasteiger charge is 2.10. The summed E-state index contributed by atoms with van der Waals surface area (Å²) in [5.41, 5.74) is 1.42. The summed E-state index contributed by atoms with van der Waals surface area (Å²) in [4.78, 5) is 22.3. The second kappa shape index (κ2) is 6.82. The first-order valence-electron chi connectivity index (χ1n) is 5.98. The van der Waals surface area contributed by atoms with Gasteiger partial charge in [0.05, 0.1) is 5.88 Å². The summed E-state index contributed by atoms with van der Waals surface area (Å²) in [5.74, 6) is -0.0520. The molecule has 0 amide bonds. The van der Waals surface area contributed by atoms with Gasteiger partial charge in [0, 0.05) is 5.56 Å². The van der Waals surface area contributed by atoms with E-state index in [2.05, 4.69) is 5.18 Å². The molecule has 2 aromatic carbocycles. The van der Waals surface area contributed by atoms with Gasteiger partial charge in [0.25, 0.3) is 0 Å². The largest absolute Gasteiger partial charge is 0.487 e. The number of hydrogen-bond donors (Lipinski definition) is 0. The third kappa shape index (κ3) is 3.42. The lowest BCUT2D eigenvalue weighted by Crippen LogP contribution is -2.01. The molecule has 0 saturated carbocycles. The molecule has 0 aliphatic rings. The van der Waals surface area contributed by atoms with Gasteiger partial charge in [-0.3, -0.25) is 4.79 Å². The van der Waals surface area contributed by atoms with E-state index in [-0.39, 0.29) is 17.4 Å². The molecule has 5 heteroatoms. The van der Waals surface area contributed by atoms with Crippen molar-refractivity contribution in [2.75, 3.05) is 5.88 Å². The SMILES string of the molecule is O=Nc1cc(C(=O)CCl)ccc1OCc1ccccc1. The number of alkyl halides is 1. The summed E-state index contributed by atoms with van der Waals surface area (Å²) in [6.07, 6.45) is 0. The molecular formula is C15H12ClNO3. The molecule has 0 saturated heterocycles. The van der Waals surface area contributed by atoms with Gasteiger partial charge < -0.3 is 4.74 Å². The van der Waals surface area contributed by atoms with Crippen LogP contribution < -0.4 is 4.74 Å². The highest BCUT2D eigenvalue weighted by Crippen LogP contribution is 2.29. The highest BCUT2D eigenvalue weighted by atomic mass is 35.5. The van der Waals surface area contributed by atoms with Crippen LogP contribution in [0, 0.1) is 4.91 Å². The lowest BCUT2D eigenvalue weighted by atomic mass is 10.1. The Kier molecular flexibility index (Phi) is 4.85. The molecule has 0 unspecified atom stereocenters. The Hall–Kier alpha value is -2.20. The Balaban J connectivity index is 2.15. The zero-order valence-electron chi connectivity index (χ0n) is 10.6. The van der Waals surface area contributed by atoms with Gasteiger partial charge in [-0.15, -0.1) is 16.5 Å². The molecular weight excluding hydrogens is 278 g/mol. The number of Topliss-reactive ketones (excluding diaryl/α,β-unsaturated/α-hetero) is 1. The number of ketones is 1. The molecule has 102 valence electrons. The number of ether oxygens (including phenoxy) is 1. The van der Waals surface area contributed by atoms with E-state index in [0.29, 0.717) is 17.9 Å². The maximum Gasteiger partial charge on any atom is 0.177 e. The molecule has 2 aromatic rings. The quantitative estimate of drug-likeness (QED) is 0.457. The van der Waals surface area contributed by atoms with E-state index in [4.69, 9.17) is 16.3 Å². The Bertz CT molecular complexity index is 614. The van der Waals surface area contributed by atoms with Crippen molar-refractivity contribution in [3.8, 4) is 5.75 Å². The van der Waals surface area contributed by atoms with Crippen molar-refractivity contribution in [3.05, 3.63) is 64.6 Å². The van der Waals surface area contributed by atoms with E-state index in [1.165, 1.54) is 6.07 Å². The van der Waals surface area contributed by atoms with Crippen molar-refractivity contribution in [1.29, 1.82) is 0 Å². The fourth-order valence-corrected chi connectivity index (χ4v) is 1.85. The number of carbonyl (C=O) groups is 1. The van der Waals surface area contributed by atoms with Gasteiger partial charge in [0.15, 0.2) is 11.5 Å². The van der Waals surface area contributed by atoms with Crippen LogP contribution in [0.15, 0.2) is 53.7 Å². The first-order chi connectivity index (χ1) is 9.74. The van der Waals surface area contributed by atoms with Crippen LogP contribution in [0.2, 0.25) is 0 Å². The lowest BCUT2D eigenvalue weighted by Gasteiger charge is -2.08. The summed E-state index contributed by atoms with van der Waals surface area (Å²) < 4.78 is 5.54. The van der Waals surface area contributed by atoms with Gasteiger partial charge in [-0.1, -0.05) is 30.3 Å². The zero-order valence-corrected chi connectivity index (χ0v) is 11.3. The van der Waals surface area contributed by atoms with Crippen LogP contribution in [0.5, 0.6) is 5.75 Å². The van der Waals surface area contributed by atoms with Gasteiger partial charge in [-0.2, -0.15) is 0 Å². The van der Waals surface area contributed by atoms with Crippen molar-refractivity contribution < 1.29 is 9.53 Å². The monoisotopic (exact) mass is 289 g/mol. The van der Waals surface area contributed by atoms with E-state index < -0.39 is 0 Å². The molecule has 0 aliphatic heterocycles. The van der Waals surface area contributed by atoms with Crippen LogP contribution in [-0.4, -0.2) is 11.7 Å². The highest BCUT2D eigenvalue weighted by molar-refractivity contribution is 6.30. The van der Waals surface area contributed by atoms with Gasteiger partial charge >= 0.3 is 0 Å². The number of rotatable bonds is 6. The van der Waals surface area contributed by atoms with Gasteiger partial charge in [0.2, 0.25) is 0 Å². The molecule has 0 spiro atoms. The molecule has 4 nitrogen and oxygen atoms in total. The van der Waals surface area contributed by atoms with Crippen LogP contribution in [0.25, 0.3) is 0 Å². The Morgan fingerprint density at radius 3 is 2.55 bits per heavy atom. The van der Waals surface area contributed by atoms with Crippen LogP contribution >= 0.6 is 11.6 Å². The molecule has 0 N–H and O–H groups in total. The van der Waals surface area contributed by atoms with Crippen molar-refractivity contribution in [1.82, 2.24) is 0 Å². The zero-order chi connectivity index (χ0) is 14.4. The van der Waals surface area contributed by atoms with Gasteiger partial charge in [0.1, 0.15) is 12.4 Å². The fourth-order valence-electron chi connectivity index (χ4n) is 1.70. The average Bonchev–Trinajstić information content (AvgIpc) is 2.53. The van der Waals surface area contributed by atoms with Crippen molar-refractivity contribution in [2.45, 2.75) is 6.61 Å². The maximum absolute atomic E-state index is 11.5. The number of halogens is 1. The number of nitroso groups, excluding NO2 is 1. The van der Waals surface area contributed by atoms with E-state index in [9.17, 15) is 9.70 Å². The standard InChI is InChI=1S/C15H12ClNO3/c16-9-14(18)12-6-7-15(13(8-12)17-19)20-10-11-4-2-1-3-5-11/h1-8H,9-10H2. The molecule has 2 rings (SSSR count). The Morgan fingerprint density at radius 1 is 1.15 bits per heavy atom. The van der Waals surface area contributed by atoms with Gasteiger partial charge in [-0.05, 0) is 28.9 Å². The molecule has 20 heavy (non-hydrogen) atoms. The van der Waals surface area contributed by atoms with E-state index in [0.717, 1.165) is 5.56 Å². The van der Waals surface area contributed by atoms with Crippen molar-refractivity contribution in [3.63, 3.8) is 0 Å². The summed E-state index contributed by atoms with van der Waals surface area (Å²) in [5, 5.41) is 2.89. The van der Waals surface area contributed by atoms with Crippen molar-refractivity contribution in [2.24, 2.45) is 5.18 Å². The maximum atomic E-state index is 11.5. The van der Waals surface area contributed by atoms with Gasteiger partial charge in [-0.25, -0.2) is 0 Å². The Morgan fingerprint density at radius 2 is 1.90 bits per heavy atom. The number of benzene rings is 2. The summed E-state index contributed by atoms with van der Waals surface area (Å²) in [7, 11) is 0. The predicted octanol–water partition coefficient (Wildman–Crippen LogP) is 4.09. The minimum Gasteiger partial charge on any atom is -0.487 e. The fraction of sp³-hybridized carbons (Fsp3) is 0.133. The summed E-state index contributed by atoms with van der Waals surface area (Å²) in [6.45, 7) is 0.326. The molecule has 0 radical (unpaired) electrons. The molecule has 0 atom stereocenters. The minimum atomic E-state index is -0.258. The molecule has 0 fully saturated rings. The van der Waals surface area contributed by atoms with Crippen molar-refractivity contribution >= 4 is 23.1 Å². The van der Waals surface area contributed by atoms with E-state index in [1.807, 2.05) is 30.3 Å². The Labute approximate surface area is 121 Å². The average molecular weight is 290 g/mol. The predicted molar refractivity (Wildman–Crippen MR) is 77.7 cm³/mol. The van der Waals surface area contributed by atoms with E-state index in [1.54, 1.807) is 12.1 Å². The smallest absolute Gasteiger partial charge is 0.177 e. The summed E-state index contributed by atoms with van der Waals surface area (Å²) >= 11 is 5.47. The first-order valence-corrected chi connectivity index (χ1v) is 6.51. The topological polar surface area (TPSA) is 55.7 Å². The second-order valence-corrected chi connectivity index (χ2v) is 4.37. The number of carbonyl (C=O) groups excluding carboxylic acids is 1. The number of hydrogen-bond acceptors (Lipinski definition) is 4. The molecule has 0 heterocycles. The minimum absolute atomic E-state index is 0.0943. The van der Waals surface area contributed by atoms with E-state index >= 15 is 0 Å². The number of nitrogens with zero attached hydrogens (tertiary/aromatic N) is 1. The van der Waals surface area contributed by atoms with Crippen LogP contribution in [0.4, 0.5) is 5.69 Å². The third-order valence-electron chi connectivity index (χ3n) is 2.74. The molecule has 0 bridgehead atoms. The van der Waals surface area contributed by atoms with Crippen LogP contribution in [-0.2, 0) is 6.61 Å². The molecule has 0 aromatic heterocycles. The lowest BCUT2D eigenvalue weighted by molar-refractivity contribution is 0.102. The summed E-state index contributed by atoms with van der Waals surface area (Å²) in [6, 6.07) is 14.1. The third-order valence-corrected chi connectivity index (χ3v) is 2.98. The normalized spacial score (nSPS) is 10.1. The second-order valence-electron chi connectivity index (χ2n) is 4.10. The molecule has 0 aliphatic carbocycles. The first kappa shape index (κ1) is 14.2. The van der Waals surface area contributed by atoms with Crippen LogP contribution in [0.3, 0.4) is 0 Å². The van der Waals surface area contributed by atoms with Crippen LogP contribution in [0.1, 0.15) is 15.9 Å².